The zero-order valence-electron chi connectivity index (χ0n) is 26.6. The van der Waals surface area contributed by atoms with Crippen LogP contribution in [0.15, 0.2) is 48.6 Å². The normalized spacial score (nSPS) is 8.08. The van der Waals surface area contributed by atoms with E-state index in [-0.39, 0.29) is 30.3 Å². The molecule has 11 heteroatoms. The second kappa shape index (κ2) is 37.2. The van der Waals surface area contributed by atoms with Gasteiger partial charge in [-0.15, -0.1) is 12.4 Å². The third kappa shape index (κ3) is 72.1. The molecule has 0 unspecified atom stereocenters. The van der Waals surface area contributed by atoms with Crippen LogP contribution >= 0.6 is 12.4 Å². The van der Waals surface area contributed by atoms with Crippen LogP contribution in [0.4, 0.5) is 0 Å². The number of carbonyl (C=O) groups is 4. The molecular weight excluding hydrogens is 528 g/mol. The van der Waals surface area contributed by atoms with Crippen molar-refractivity contribution in [3.05, 3.63) is 48.6 Å². The molecule has 0 amide bonds. The molecule has 0 aromatic heterocycles. The number of carboxylic acid groups (broad SMARTS) is 1. The SMILES string of the molecule is C=C(C)C(=O)OC.C=C(C)C(=O)OC.C=C(C)C(=O)OCC.C=C(CCC)C(=O)O.CN(C)C.CN(C)C.Cl. The van der Waals surface area contributed by atoms with E-state index in [2.05, 4.69) is 40.5 Å². The summed E-state index contributed by atoms with van der Waals surface area (Å²) in [5, 5.41) is 8.21. The summed E-state index contributed by atoms with van der Waals surface area (Å²) in [6.07, 6.45) is 1.44. The molecule has 232 valence electrons. The molecule has 0 spiro atoms. The molecule has 0 rings (SSSR count). The van der Waals surface area contributed by atoms with Crippen LogP contribution in [0, 0.1) is 0 Å². The summed E-state index contributed by atoms with van der Waals surface area (Å²) in [6.45, 7) is 22.4. The molecule has 1 N–H and O–H groups in total. The van der Waals surface area contributed by atoms with Crippen LogP contribution < -0.4 is 0 Å². The van der Waals surface area contributed by atoms with Gasteiger partial charge in [0.15, 0.2) is 0 Å². The molecular formula is C28H55ClN2O8. The van der Waals surface area contributed by atoms with Crippen molar-refractivity contribution >= 4 is 36.3 Å². The van der Waals surface area contributed by atoms with Crippen LogP contribution in [0.2, 0.25) is 0 Å². The fraction of sp³-hybridized carbons (Fsp3) is 0.571. The third-order valence-electron chi connectivity index (χ3n) is 2.55. The van der Waals surface area contributed by atoms with E-state index in [4.69, 9.17) is 5.11 Å². The average molecular weight is 583 g/mol. The smallest absolute Gasteiger partial charge is 0.333 e. The summed E-state index contributed by atoms with van der Waals surface area (Å²) < 4.78 is 13.1. The number of rotatable bonds is 7. The Hall–Kier alpha value is -2.95. The highest BCUT2D eigenvalue weighted by Crippen LogP contribution is 1.99. The number of esters is 3. The molecule has 0 aliphatic rings. The largest absolute Gasteiger partial charge is 0.478 e. The standard InChI is InChI=1S/2C6H10O2.2C5H8O2.2C3H9N.ClH/c1-4-8-6(7)5(2)3;1-3-4-5(2)6(7)8;2*1-4(2)5(6)7-3;2*1-4(2)3;/h2,4H2,1,3H3;2-4H2,1H3,(H,7,8);2*1H2,2-3H3;2*1-3H3;1H. The number of ether oxygens (including phenoxy) is 3. The van der Waals surface area contributed by atoms with E-state index in [1.165, 1.54) is 14.2 Å². The zero-order valence-corrected chi connectivity index (χ0v) is 27.4. The van der Waals surface area contributed by atoms with Gasteiger partial charge in [0.2, 0.25) is 0 Å². The van der Waals surface area contributed by atoms with E-state index >= 15 is 0 Å². The fourth-order valence-corrected chi connectivity index (χ4v) is 1.01. The van der Waals surface area contributed by atoms with Crippen molar-refractivity contribution < 1.29 is 38.5 Å². The molecule has 10 nitrogen and oxygen atoms in total. The van der Waals surface area contributed by atoms with E-state index in [9.17, 15) is 19.2 Å². The first-order chi connectivity index (χ1) is 17.2. The first kappa shape index (κ1) is 52.5. The maximum absolute atomic E-state index is 10.4. The first-order valence-electron chi connectivity index (χ1n) is 11.6. The van der Waals surface area contributed by atoms with Gasteiger partial charge in [-0.1, -0.05) is 39.7 Å². The van der Waals surface area contributed by atoms with E-state index in [1.807, 2.05) is 59.0 Å². The molecule has 0 aliphatic carbocycles. The van der Waals surface area contributed by atoms with E-state index in [0.717, 1.165) is 6.42 Å². The van der Waals surface area contributed by atoms with Gasteiger partial charge >= 0.3 is 23.9 Å². The minimum absolute atomic E-state index is 0. The van der Waals surface area contributed by atoms with Crippen molar-refractivity contribution in [2.24, 2.45) is 0 Å². The lowest BCUT2D eigenvalue weighted by Crippen LogP contribution is -2.03. The highest BCUT2D eigenvalue weighted by atomic mass is 35.5. The minimum atomic E-state index is -0.883. The van der Waals surface area contributed by atoms with Crippen molar-refractivity contribution in [1.29, 1.82) is 0 Å². The molecule has 0 saturated heterocycles. The molecule has 0 fully saturated rings. The molecule has 0 bridgehead atoms. The Morgan fingerprint density at radius 1 is 0.667 bits per heavy atom. The second-order valence-electron chi connectivity index (χ2n) is 8.39. The summed E-state index contributed by atoms with van der Waals surface area (Å²) in [6, 6.07) is 0. The lowest BCUT2D eigenvalue weighted by atomic mass is 10.2. The van der Waals surface area contributed by atoms with Crippen LogP contribution in [-0.4, -0.2) is 102 Å². The number of hydrogen-bond donors (Lipinski definition) is 1. The summed E-state index contributed by atoms with van der Waals surface area (Å²) >= 11 is 0. The Labute approximate surface area is 243 Å². The summed E-state index contributed by atoms with van der Waals surface area (Å²) in [4.78, 5) is 44.8. The topological polar surface area (TPSA) is 123 Å². The van der Waals surface area contributed by atoms with Crippen LogP contribution in [-0.2, 0) is 33.4 Å². The maximum atomic E-state index is 10.4. The number of hydrogen-bond acceptors (Lipinski definition) is 9. The van der Waals surface area contributed by atoms with Gasteiger partial charge in [0, 0.05) is 22.3 Å². The average Bonchev–Trinajstić information content (AvgIpc) is 2.78. The lowest BCUT2D eigenvalue weighted by molar-refractivity contribution is -0.138. The van der Waals surface area contributed by atoms with Gasteiger partial charge in [0.1, 0.15) is 0 Å². The molecule has 0 aliphatic heterocycles. The van der Waals surface area contributed by atoms with Crippen LogP contribution in [0.1, 0.15) is 47.5 Å². The summed E-state index contributed by atoms with van der Waals surface area (Å²) in [5.74, 6) is -1.89. The minimum Gasteiger partial charge on any atom is -0.478 e. The van der Waals surface area contributed by atoms with Gasteiger partial charge in [-0.3, -0.25) is 0 Å². The number of carbonyl (C=O) groups excluding carboxylic acids is 3. The van der Waals surface area contributed by atoms with E-state index in [1.54, 1.807) is 27.7 Å². The van der Waals surface area contributed by atoms with Crippen molar-refractivity contribution in [3.63, 3.8) is 0 Å². The molecule has 0 aromatic rings. The molecule has 0 saturated carbocycles. The second-order valence-corrected chi connectivity index (χ2v) is 8.39. The number of halogens is 1. The number of methoxy groups -OCH3 is 2. The Kier molecular flexibility index (Phi) is 50.1. The number of carboxylic acids is 1. The highest BCUT2D eigenvalue weighted by molar-refractivity contribution is 5.87. The Morgan fingerprint density at radius 3 is 0.974 bits per heavy atom. The Morgan fingerprint density at radius 2 is 0.923 bits per heavy atom. The number of aliphatic carboxylic acids is 1. The molecule has 0 aromatic carbocycles. The fourth-order valence-electron chi connectivity index (χ4n) is 1.01. The number of nitrogens with zero attached hydrogens (tertiary/aromatic N) is 2. The molecule has 0 radical (unpaired) electrons. The van der Waals surface area contributed by atoms with Crippen molar-refractivity contribution in [2.75, 3.05) is 63.1 Å². The third-order valence-corrected chi connectivity index (χ3v) is 2.55. The van der Waals surface area contributed by atoms with Gasteiger partial charge in [-0.05, 0) is 76.4 Å². The Bertz CT molecular complexity index is 653. The maximum Gasteiger partial charge on any atom is 0.333 e. The van der Waals surface area contributed by atoms with Gasteiger partial charge in [-0.25, -0.2) is 19.2 Å². The molecule has 39 heavy (non-hydrogen) atoms. The van der Waals surface area contributed by atoms with Crippen molar-refractivity contribution in [3.8, 4) is 0 Å². The molecule has 0 atom stereocenters. The van der Waals surface area contributed by atoms with E-state index < -0.39 is 5.97 Å². The zero-order chi connectivity index (χ0) is 32.0. The summed E-state index contributed by atoms with van der Waals surface area (Å²) in [5.41, 5.74) is 1.62. The summed E-state index contributed by atoms with van der Waals surface area (Å²) in [7, 11) is 14.7. The predicted octanol–water partition coefficient (Wildman–Crippen LogP) is 4.80. The predicted molar refractivity (Wildman–Crippen MR) is 163 cm³/mol. The van der Waals surface area contributed by atoms with Gasteiger partial charge < -0.3 is 29.1 Å². The monoisotopic (exact) mass is 582 g/mol. The van der Waals surface area contributed by atoms with Crippen LogP contribution in [0.5, 0.6) is 0 Å². The van der Waals surface area contributed by atoms with E-state index in [0.29, 0.717) is 35.3 Å². The quantitative estimate of drug-likeness (QED) is 0.254. The van der Waals surface area contributed by atoms with Gasteiger partial charge in [0.05, 0.1) is 20.8 Å². The van der Waals surface area contributed by atoms with Gasteiger partial charge in [0.25, 0.3) is 0 Å². The van der Waals surface area contributed by atoms with Crippen molar-refractivity contribution in [2.45, 2.75) is 47.5 Å². The van der Waals surface area contributed by atoms with Gasteiger partial charge in [-0.2, -0.15) is 0 Å². The molecule has 0 heterocycles. The Balaban J connectivity index is -0.0000000639. The van der Waals surface area contributed by atoms with Crippen molar-refractivity contribution in [1.82, 2.24) is 9.80 Å². The lowest BCUT2D eigenvalue weighted by Gasteiger charge is -1.96. The van der Waals surface area contributed by atoms with Crippen LogP contribution in [0.25, 0.3) is 0 Å². The first-order valence-corrected chi connectivity index (χ1v) is 11.6. The highest BCUT2D eigenvalue weighted by Gasteiger charge is 1.99. The van der Waals surface area contributed by atoms with Crippen LogP contribution in [0.3, 0.4) is 0 Å².